The summed E-state index contributed by atoms with van der Waals surface area (Å²) in [5.74, 6) is 0. The third kappa shape index (κ3) is 2.25. The van der Waals surface area contributed by atoms with E-state index in [0.29, 0.717) is 0 Å². The van der Waals surface area contributed by atoms with Gasteiger partial charge < -0.3 is 5.73 Å². The first-order valence-corrected chi connectivity index (χ1v) is 5.01. The van der Waals surface area contributed by atoms with Crippen LogP contribution in [0.15, 0.2) is 43.0 Å². The molecule has 2 aromatic rings. The second-order valence-electron chi connectivity index (χ2n) is 3.22. The fraction of sp³-hybridized carbons (Fsp3) is 0.143. The zero-order chi connectivity index (χ0) is 11.3. The van der Waals surface area contributed by atoms with Gasteiger partial charge in [0.15, 0.2) is 0 Å². The van der Waals surface area contributed by atoms with E-state index in [-0.39, 0.29) is 0 Å². The van der Waals surface area contributed by atoms with Gasteiger partial charge in [-0.3, -0.25) is 0 Å². The Hall–Kier alpha value is -1.60. The molecule has 0 aromatic heterocycles. The number of fused-ring (bicyclic) bond motifs is 1. The summed E-state index contributed by atoms with van der Waals surface area (Å²) in [5.41, 5.74) is 7.03. The zero-order valence-electron chi connectivity index (χ0n) is 9.33. The van der Waals surface area contributed by atoms with Gasteiger partial charge in [-0.1, -0.05) is 49.1 Å². The summed E-state index contributed by atoms with van der Waals surface area (Å²) in [5, 5.41) is 2.57. The highest BCUT2D eigenvalue weighted by Crippen LogP contribution is 2.22. The van der Waals surface area contributed by atoms with Crippen molar-refractivity contribution in [1.82, 2.24) is 0 Å². The number of benzene rings is 2. The predicted molar refractivity (Wildman–Crippen MR) is 68.9 cm³/mol. The molecule has 0 bridgehead atoms. The molecular weight excluding hydrogens is 182 g/mol. The lowest BCUT2D eigenvalue weighted by Crippen LogP contribution is -1.82. The molecule has 0 saturated carbocycles. The summed E-state index contributed by atoms with van der Waals surface area (Å²) in [6.45, 7) is 5.96. The molecule has 0 atom stereocenters. The molecule has 15 heavy (non-hydrogen) atoms. The zero-order valence-corrected chi connectivity index (χ0v) is 9.33. The van der Waals surface area contributed by atoms with Crippen LogP contribution in [0.5, 0.6) is 0 Å². The minimum absolute atomic E-state index is 1.25. The van der Waals surface area contributed by atoms with Gasteiger partial charge in [-0.2, -0.15) is 0 Å². The highest BCUT2D eigenvalue weighted by molar-refractivity contribution is 5.91. The van der Waals surface area contributed by atoms with Gasteiger partial charge in [0.2, 0.25) is 0 Å². The standard InChI is InChI=1S/C13H12.CH5N/c1-3-12-10(2)8-9-11-6-4-5-7-13(11)12;1-2/h3-9H,1H2,2H3;2H2,1H3. The Morgan fingerprint density at radius 1 is 1.07 bits per heavy atom. The van der Waals surface area contributed by atoms with Gasteiger partial charge >= 0.3 is 0 Å². The van der Waals surface area contributed by atoms with Crippen LogP contribution in [0, 0.1) is 6.92 Å². The van der Waals surface area contributed by atoms with Gasteiger partial charge in [0, 0.05) is 0 Å². The van der Waals surface area contributed by atoms with Gasteiger partial charge in [-0.15, -0.1) is 0 Å². The fourth-order valence-corrected chi connectivity index (χ4v) is 1.68. The topological polar surface area (TPSA) is 26.0 Å². The van der Waals surface area contributed by atoms with Crippen LogP contribution in [0.4, 0.5) is 0 Å². The lowest BCUT2D eigenvalue weighted by Gasteiger charge is -2.05. The maximum atomic E-state index is 4.50. The van der Waals surface area contributed by atoms with E-state index in [1.54, 1.807) is 0 Å². The summed E-state index contributed by atoms with van der Waals surface area (Å²) in [4.78, 5) is 0. The Morgan fingerprint density at radius 3 is 2.40 bits per heavy atom. The molecule has 2 N–H and O–H groups in total. The summed E-state index contributed by atoms with van der Waals surface area (Å²) in [7, 11) is 1.50. The first kappa shape index (κ1) is 11.5. The second kappa shape index (κ2) is 5.32. The van der Waals surface area contributed by atoms with Gasteiger partial charge in [0.25, 0.3) is 0 Å². The monoisotopic (exact) mass is 199 g/mol. The van der Waals surface area contributed by atoms with Gasteiger partial charge in [0.1, 0.15) is 0 Å². The van der Waals surface area contributed by atoms with Crippen LogP contribution in [0.3, 0.4) is 0 Å². The van der Waals surface area contributed by atoms with Crippen molar-refractivity contribution in [3.8, 4) is 0 Å². The van der Waals surface area contributed by atoms with Crippen LogP contribution >= 0.6 is 0 Å². The normalized spacial score (nSPS) is 9.27. The lowest BCUT2D eigenvalue weighted by atomic mass is 10.00. The van der Waals surface area contributed by atoms with Crippen molar-refractivity contribution in [3.63, 3.8) is 0 Å². The average molecular weight is 199 g/mol. The van der Waals surface area contributed by atoms with Crippen LogP contribution in [-0.2, 0) is 0 Å². The van der Waals surface area contributed by atoms with E-state index in [4.69, 9.17) is 0 Å². The SMILES string of the molecule is C=Cc1c(C)ccc2ccccc12.CN. The van der Waals surface area contributed by atoms with Crippen LogP contribution in [0.1, 0.15) is 11.1 Å². The molecule has 0 fully saturated rings. The molecule has 78 valence electrons. The van der Waals surface area contributed by atoms with Crippen LogP contribution in [-0.4, -0.2) is 7.05 Å². The van der Waals surface area contributed by atoms with Crippen molar-refractivity contribution in [1.29, 1.82) is 0 Å². The molecule has 0 aliphatic heterocycles. The number of nitrogens with two attached hydrogens (primary N) is 1. The van der Waals surface area contributed by atoms with E-state index < -0.39 is 0 Å². The number of hydrogen-bond acceptors (Lipinski definition) is 1. The van der Waals surface area contributed by atoms with E-state index >= 15 is 0 Å². The minimum atomic E-state index is 1.25. The molecule has 0 aliphatic rings. The molecule has 0 saturated heterocycles. The summed E-state index contributed by atoms with van der Waals surface area (Å²) >= 11 is 0. The molecule has 2 rings (SSSR count). The lowest BCUT2D eigenvalue weighted by molar-refractivity contribution is 1.48. The van der Waals surface area contributed by atoms with Crippen molar-refractivity contribution in [2.24, 2.45) is 5.73 Å². The first-order chi connectivity index (χ1) is 7.33. The van der Waals surface area contributed by atoms with Crippen LogP contribution < -0.4 is 5.73 Å². The third-order valence-corrected chi connectivity index (χ3v) is 2.39. The number of aryl methyl sites for hydroxylation is 1. The van der Waals surface area contributed by atoms with Crippen LogP contribution in [0.2, 0.25) is 0 Å². The summed E-state index contributed by atoms with van der Waals surface area (Å²) < 4.78 is 0. The Labute approximate surface area is 91.2 Å². The van der Waals surface area contributed by atoms with Crippen LogP contribution in [0.25, 0.3) is 16.8 Å². The fourth-order valence-electron chi connectivity index (χ4n) is 1.68. The summed E-state index contributed by atoms with van der Waals surface area (Å²) in [6, 6.07) is 12.7. The van der Waals surface area contributed by atoms with Crippen molar-refractivity contribution >= 4 is 16.8 Å². The third-order valence-electron chi connectivity index (χ3n) is 2.39. The van der Waals surface area contributed by atoms with E-state index in [2.05, 4.69) is 55.6 Å². The van der Waals surface area contributed by atoms with Crippen molar-refractivity contribution < 1.29 is 0 Å². The molecule has 1 nitrogen and oxygen atoms in total. The largest absolute Gasteiger partial charge is 0.333 e. The molecule has 0 amide bonds. The Balaban J connectivity index is 0.000000531. The molecule has 1 heteroatoms. The Kier molecular flexibility index (Phi) is 4.07. The van der Waals surface area contributed by atoms with Gasteiger partial charge in [-0.05, 0) is 35.9 Å². The maximum absolute atomic E-state index is 4.50. The average Bonchev–Trinajstić information content (AvgIpc) is 2.32. The molecule has 0 heterocycles. The maximum Gasteiger partial charge on any atom is -0.0109 e. The predicted octanol–water partition coefficient (Wildman–Crippen LogP) is 3.37. The summed E-state index contributed by atoms with van der Waals surface area (Å²) in [6.07, 6.45) is 1.93. The molecule has 2 aromatic carbocycles. The second-order valence-corrected chi connectivity index (χ2v) is 3.22. The Morgan fingerprint density at radius 2 is 1.73 bits per heavy atom. The van der Waals surface area contributed by atoms with E-state index in [0.717, 1.165) is 0 Å². The van der Waals surface area contributed by atoms with Crippen molar-refractivity contribution in [3.05, 3.63) is 54.1 Å². The van der Waals surface area contributed by atoms with Gasteiger partial charge in [0.05, 0.1) is 0 Å². The van der Waals surface area contributed by atoms with E-state index in [9.17, 15) is 0 Å². The van der Waals surface area contributed by atoms with Gasteiger partial charge in [-0.25, -0.2) is 0 Å². The van der Waals surface area contributed by atoms with Crippen molar-refractivity contribution in [2.75, 3.05) is 7.05 Å². The minimum Gasteiger partial charge on any atom is -0.333 e. The molecule has 0 radical (unpaired) electrons. The van der Waals surface area contributed by atoms with E-state index in [1.807, 2.05) is 6.08 Å². The number of hydrogen-bond donors (Lipinski definition) is 1. The quantitative estimate of drug-likeness (QED) is 0.748. The van der Waals surface area contributed by atoms with Crippen molar-refractivity contribution in [2.45, 2.75) is 6.92 Å². The molecule has 0 aliphatic carbocycles. The van der Waals surface area contributed by atoms with E-state index in [1.165, 1.54) is 28.9 Å². The molecular formula is C14H17N. The molecule has 0 unspecified atom stereocenters. The molecule has 0 spiro atoms. The highest BCUT2D eigenvalue weighted by Gasteiger charge is 1.99. The smallest absolute Gasteiger partial charge is 0.0109 e. The first-order valence-electron chi connectivity index (χ1n) is 5.01. The number of rotatable bonds is 1. The Bertz CT molecular complexity index is 458. The highest BCUT2D eigenvalue weighted by atomic mass is 14.4.